The van der Waals surface area contributed by atoms with Crippen molar-refractivity contribution in [1.82, 2.24) is 0 Å². The Kier molecular flexibility index (Phi) is 1.83. The number of hydrogen-bond donors (Lipinski definition) is 1. The zero-order chi connectivity index (χ0) is 9.42. The number of carbonyl (C=O) groups is 1. The predicted molar refractivity (Wildman–Crippen MR) is 52.6 cm³/mol. The van der Waals surface area contributed by atoms with Crippen molar-refractivity contribution in [3.05, 3.63) is 29.3 Å². The largest absolute Gasteiger partial charge is 0.399 e. The van der Waals surface area contributed by atoms with Crippen molar-refractivity contribution in [1.29, 1.82) is 0 Å². The third-order valence-corrected chi connectivity index (χ3v) is 2.62. The second-order valence-electron chi connectivity index (χ2n) is 3.78. The normalized spacial score (nSPS) is 21.3. The van der Waals surface area contributed by atoms with Crippen LogP contribution in [0.4, 0.5) is 5.69 Å². The molecule has 0 saturated carbocycles. The first kappa shape index (κ1) is 8.30. The maximum absolute atomic E-state index is 11.3. The summed E-state index contributed by atoms with van der Waals surface area (Å²) in [6.07, 6.45) is 1.25. The van der Waals surface area contributed by atoms with Crippen molar-refractivity contribution in [3.63, 3.8) is 0 Å². The quantitative estimate of drug-likeness (QED) is 0.612. The van der Waals surface area contributed by atoms with Gasteiger partial charge in [-0.1, -0.05) is 13.0 Å². The van der Waals surface area contributed by atoms with Crippen LogP contribution in [0.15, 0.2) is 18.2 Å². The molecule has 2 heteroatoms. The molecule has 0 aromatic heterocycles. The molecule has 0 bridgehead atoms. The second kappa shape index (κ2) is 2.87. The molecule has 2 N–H and O–H groups in total. The summed E-state index contributed by atoms with van der Waals surface area (Å²) in [6.45, 7) is 2.08. The molecule has 0 heterocycles. The molecular formula is C11H13NO. The molecule has 2 rings (SSSR count). The van der Waals surface area contributed by atoms with E-state index in [1.54, 1.807) is 0 Å². The molecule has 0 aliphatic heterocycles. The van der Waals surface area contributed by atoms with Gasteiger partial charge in [0, 0.05) is 18.5 Å². The van der Waals surface area contributed by atoms with Crippen LogP contribution in [-0.2, 0) is 11.2 Å². The number of carbonyl (C=O) groups excluding carboxylic acids is 1. The molecule has 1 unspecified atom stereocenters. The van der Waals surface area contributed by atoms with Gasteiger partial charge in [0.05, 0.1) is 0 Å². The lowest BCUT2D eigenvalue weighted by Gasteiger charge is -2.21. The minimum atomic E-state index is 0.333. The summed E-state index contributed by atoms with van der Waals surface area (Å²) in [5, 5.41) is 0. The minimum Gasteiger partial charge on any atom is -0.399 e. The van der Waals surface area contributed by atoms with Crippen molar-refractivity contribution in [3.8, 4) is 0 Å². The van der Waals surface area contributed by atoms with Crippen LogP contribution in [0.25, 0.3) is 0 Å². The molecule has 13 heavy (non-hydrogen) atoms. The Balaban J connectivity index is 2.49. The van der Waals surface area contributed by atoms with Crippen LogP contribution in [0, 0.1) is 0 Å². The maximum Gasteiger partial charge on any atom is 0.137 e. The van der Waals surface area contributed by atoms with Crippen LogP contribution in [-0.4, -0.2) is 5.78 Å². The first-order chi connectivity index (χ1) is 6.16. The van der Waals surface area contributed by atoms with Gasteiger partial charge in [-0.25, -0.2) is 0 Å². The molecule has 1 aromatic rings. The summed E-state index contributed by atoms with van der Waals surface area (Å²) < 4.78 is 0. The number of benzene rings is 1. The second-order valence-corrected chi connectivity index (χ2v) is 3.78. The molecule has 0 spiro atoms. The standard InChI is InChI=1S/C11H13NO/c1-7-4-10(13)5-8-2-3-9(12)6-11(7)8/h2-3,6-7H,4-5,12H2,1H3. The Morgan fingerprint density at radius 3 is 3.00 bits per heavy atom. The maximum atomic E-state index is 11.3. The molecule has 1 aliphatic rings. The molecule has 0 saturated heterocycles. The summed E-state index contributed by atoms with van der Waals surface area (Å²) in [6, 6.07) is 5.83. The highest BCUT2D eigenvalue weighted by Crippen LogP contribution is 2.30. The van der Waals surface area contributed by atoms with Gasteiger partial charge in [0.15, 0.2) is 0 Å². The molecule has 1 aromatic carbocycles. The molecule has 2 nitrogen and oxygen atoms in total. The SMILES string of the molecule is CC1CC(=O)Cc2ccc(N)cc21. The van der Waals surface area contributed by atoms with E-state index in [0.717, 1.165) is 11.3 Å². The first-order valence-electron chi connectivity index (χ1n) is 4.57. The Hall–Kier alpha value is -1.31. The highest BCUT2D eigenvalue weighted by Gasteiger charge is 2.21. The van der Waals surface area contributed by atoms with Crippen LogP contribution >= 0.6 is 0 Å². The van der Waals surface area contributed by atoms with Gasteiger partial charge in [-0.2, -0.15) is 0 Å². The number of anilines is 1. The minimum absolute atomic E-state index is 0.333. The zero-order valence-corrected chi connectivity index (χ0v) is 7.71. The average Bonchev–Trinajstić information content (AvgIpc) is 2.06. The third-order valence-electron chi connectivity index (χ3n) is 2.62. The molecule has 1 aliphatic carbocycles. The van der Waals surface area contributed by atoms with Crippen molar-refractivity contribution in [2.45, 2.75) is 25.7 Å². The topological polar surface area (TPSA) is 43.1 Å². The molecule has 68 valence electrons. The van der Waals surface area contributed by atoms with Crippen molar-refractivity contribution in [2.24, 2.45) is 0 Å². The number of ketones is 1. The number of nitrogens with two attached hydrogens (primary N) is 1. The van der Waals surface area contributed by atoms with E-state index in [4.69, 9.17) is 5.73 Å². The lowest BCUT2D eigenvalue weighted by molar-refractivity contribution is -0.119. The molecule has 0 amide bonds. The number of Topliss-reactive ketones (excluding diaryl/α,β-unsaturated/α-hetero) is 1. The van der Waals surface area contributed by atoms with Gasteiger partial charge in [0.2, 0.25) is 0 Å². The Labute approximate surface area is 77.8 Å². The van der Waals surface area contributed by atoms with Gasteiger partial charge in [-0.05, 0) is 29.2 Å². The zero-order valence-electron chi connectivity index (χ0n) is 7.71. The van der Waals surface area contributed by atoms with Crippen LogP contribution in [0.1, 0.15) is 30.4 Å². The van der Waals surface area contributed by atoms with E-state index < -0.39 is 0 Å². The van der Waals surface area contributed by atoms with Crippen LogP contribution in [0.2, 0.25) is 0 Å². The van der Waals surface area contributed by atoms with Gasteiger partial charge in [-0.3, -0.25) is 4.79 Å². The van der Waals surface area contributed by atoms with Gasteiger partial charge in [0.25, 0.3) is 0 Å². The van der Waals surface area contributed by atoms with Gasteiger partial charge < -0.3 is 5.73 Å². The van der Waals surface area contributed by atoms with Gasteiger partial charge >= 0.3 is 0 Å². The summed E-state index contributed by atoms with van der Waals surface area (Å²) in [7, 11) is 0. The van der Waals surface area contributed by atoms with E-state index in [-0.39, 0.29) is 0 Å². The first-order valence-corrected chi connectivity index (χ1v) is 4.57. The summed E-state index contributed by atoms with van der Waals surface area (Å²) in [5.41, 5.74) is 8.89. The Morgan fingerprint density at radius 1 is 1.46 bits per heavy atom. The lowest BCUT2D eigenvalue weighted by atomic mass is 9.83. The van der Waals surface area contributed by atoms with E-state index in [1.807, 2.05) is 18.2 Å². The third kappa shape index (κ3) is 1.44. The fraction of sp³-hybridized carbons (Fsp3) is 0.364. The Bertz CT molecular complexity index is 357. The van der Waals surface area contributed by atoms with Gasteiger partial charge in [-0.15, -0.1) is 0 Å². The lowest BCUT2D eigenvalue weighted by Crippen LogP contribution is -2.16. The number of hydrogen-bond acceptors (Lipinski definition) is 2. The van der Waals surface area contributed by atoms with Crippen molar-refractivity contribution in [2.75, 3.05) is 5.73 Å². The highest BCUT2D eigenvalue weighted by atomic mass is 16.1. The predicted octanol–water partition coefficient (Wildman–Crippen LogP) is 1.89. The van der Waals surface area contributed by atoms with Crippen LogP contribution in [0.5, 0.6) is 0 Å². The van der Waals surface area contributed by atoms with Crippen molar-refractivity contribution < 1.29 is 4.79 Å². The molecule has 0 fully saturated rings. The fourth-order valence-corrected chi connectivity index (χ4v) is 1.97. The molecular weight excluding hydrogens is 162 g/mol. The van der Waals surface area contributed by atoms with E-state index >= 15 is 0 Å². The van der Waals surface area contributed by atoms with E-state index in [2.05, 4.69) is 6.92 Å². The summed E-state index contributed by atoms with van der Waals surface area (Å²) in [5.74, 6) is 0.671. The van der Waals surface area contributed by atoms with E-state index in [1.165, 1.54) is 5.56 Å². The smallest absolute Gasteiger partial charge is 0.137 e. The van der Waals surface area contributed by atoms with Gasteiger partial charge in [0.1, 0.15) is 5.78 Å². The molecule has 1 atom stereocenters. The molecule has 0 radical (unpaired) electrons. The fourth-order valence-electron chi connectivity index (χ4n) is 1.97. The summed E-state index contributed by atoms with van der Waals surface area (Å²) >= 11 is 0. The highest BCUT2D eigenvalue weighted by molar-refractivity contribution is 5.84. The summed E-state index contributed by atoms with van der Waals surface area (Å²) in [4.78, 5) is 11.3. The van der Waals surface area contributed by atoms with E-state index in [9.17, 15) is 4.79 Å². The Morgan fingerprint density at radius 2 is 2.23 bits per heavy atom. The van der Waals surface area contributed by atoms with E-state index in [0.29, 0.717) is 24.5 Å². The average molecular weight is 175 g/mol. The monoisotopic (exact) mass is 175 g/mol. The number of fused-ring (bicyclic) bond motifs is 1. The van der Waals surface area contributed by atoms with Crippen molar-refractivity contribution >= 4 is 11.5 Å². The number of nitrogen functional groups attached to an aromatic ring is 1. The number of rotatable bonds is 0. The van der Waals surface area contributed by atoms with Crippen LogP contribution < -0.4 is 5.73 Å². The van der Waals surface area contributed by atoms with Crippen LogP contribution in [0.3, 0.4) is 0 Å².